The molecule has 0 aromatic heterocycles. The Balaban J connectivity index is 2.38. The van der Waals surface area contributed by atoms with Gasteiger partial charge in [-0.2, -0.15) is 0 Å². The molecular weight excluding hydrogens is 302 g/mol. The Morgan fingerprint density at radius 2 is 1.79 bits per heavy atom. The fraction of sp³-hybridized carbons (Fsp3) is 0.550. The monoisotopic (exact) mass is 329 g/mol. The molecular formula is C20H27NO3. The summed E-state index contributed by atoms with van der Waals surface area (Å²) in [5.41, 5.74) is 0.304. The lowest BCUT2D eigenvalue weighted by molar-refractivity contribution is -0.123. The lowest BCUT2D eigenvalue weighted by Gasteiger charge is -2.25. The van der Waals surface area contributed by atoms with Crippen molar-refractivity contribution < 1.29 is 14.4 Å². The van der Waals surface area contributed by atoms with E-state index in [4.69, 9.17) is 0 Å². The number of hydrogen-bond donors (Lipinski definition) is 0. The molecule has 0 saturated carbocycles. The number of carbonyl (C=O) groups is 3. The van der Waals surface area contributed by atoms with Gasteiger partial charge in [0, 0.05) is 17.4 Å². The topological polar surface area (TPSA) is 54.5 Å². The summed E-state index contributed by atoms with van der Waals surface area (Å²) in [6.07, 6.45) is 0.949. The molecule has 1 atom stereocenters. The molecule has 1 aliphatic heterocycles. The smallest absolute Gasteiger partial charge is 0.237 e. The van der Waals surface area contributed by atoms with E-state index in [1.165, 1.54) is 4.90 Å². The van der Waals surface area contributed by atoms with Gasteiger partial charge in [0.15, 0.2) is 5.78 Å². The van der Waals surface area contributed by atoms with Crippen LogP contribution in [-0.4, -0.2) is 17.6 Å². The van der Waals surface area contributed by atoms with Gasteiger partial charge >= 0.3 is 0 Å². The first-order valence-electron chi connectivity index (χ1n) is 8.50. The molecule has 2 amide bonds. The molecule has 1 aliphatic rings. The second kappa shape index (κ2) is 6.15. The summed E-state index contributed by atoms with van der Waals surface area (Å²) in [5.74, 6) is -0.666. The van der Waals surface area contributed by atoms with Crippen molar-refractivity contribution in [3.8, 4) is 0 Å². The normalized spacial score (nSPS) is 19.1. The molecule has 1 fully saturated rings. The number of imide groups is 1. The number of carbonyl (C=O) groups excluding carboxylic acids is 3. The van der Waals surface area contributed by atoms with Crippen molar-refractivity contribution in [3.63, 3.8) is 0 Å². The highest BCUT2D eigenvalue weighted by atomic mass is 16.2. The van der Waals surface area contributed by atoms with Gasteiger partial charge in [-0.25, -0.2) is 0 Å². The maximum Gasteiger partial charge on any atom is 0.237 e. The van der Waals surface area contributed by atoms with Crippen LogP contribution in [0.1, 0.15) is 64.7 Å². The summed E-state index contributed by atoms with van der Waals surface area (Å²) in [6.45, 7) is 11.7. The average Bonchev–Trinajstić information content (AvgIpc) is 2.81. The standard InChI is InChI=1S/C20H27NO3/c1-7-20(5,6)17(23)13-9-8-10-14(11-13)21-16(22)12-15(18(21)24)19(2,3)4/h8-11,15H,7,12H2,1-6H3. The quantitative estimate of drug-likeness (QED) is 0.613. The summed E-state index contributed by atoms with van der Waals surface area (Å²) in [6, 6.07) is 6.87. The minimum absolute atomic E-state index is 0.0262. The molecule has 0 spiro atoms. The molecule has 0 aliphatic carbocycles. The second-order valence-corrected chi connectivity index (χ2v) is 8.31. The molecule has 130 valence electrons. The van der Waals surface area contributed by atoms with Crippen molar-refractivity contribution >= 4 is 23.3 Å². The maximum atomic E-state index is 12.7. The van der Waals surface area contributed by atoms with Crippen LogP contribution in [0.15, 0.2) is 24.3 Å². The number of ketones is 1. The Morgan fingerprint density at radius 3 is 2.29 bits per heavy atom. The van der Waals surface area contributed by atoms with Gasteiger partial charge in [0.1, 0.15) is 0 Å². The molecule has 1 saturated heterocycles. The molecule has 0 radical (unpaired) electrons. The zero-order valence-corrected chi connectivity index (χ0v) is 15.5. The van der Waals surface area contributed by atoms with Gasteiger partial charge in [-0.1, -0.05) is 53.7 Å². The largest absolute Gasteiger partial charge is 0.294 e. The van der Waals surface area contributed by atoms with Crippen LogP contribution in [0.2, 0.25) is 0 Å². The summed E-state index contributed by atoms with van der Waals surface area (Å²) >= 11 is 0. The van der Waals surface area contributed by atoms with Gasteiger partial charge in [-0.05, 0) is 24.0 Å². The Hall–Kier alpha value is -1.97. The van der Waals surface area contributed by atoms with E-state index in [0.717, 1.165) is 6.42 Å². The van der Waals surface area contributed by atoms with E-state index >= 15 is 0 Å². The number of anilines is 1. The van der Waals surface area contributed by atoms with Crippen molar-refractivity contribution in [2.75, 3.05) is 4.90 Å². The highest BCUT2D eigenvalue weighted by molar-refractivity contribution is 6.21. The van der Waals surface area contributed by atoms with Crippen LogP contribution in [0.4, 0.5) is 5.69 Å². The lowest BCUT2D eigenvalue weighted by atomic mass is 9.80. The third kappa shape index (κ3) is 3.28. The number of rotatable bonds is 4. The zero-order valence-electron chi connectivity index (χ0n) is 15.5. The average molecular weight is 329 g/mol. The van der Waals surface area contributed by atoms with E-state index in [1.54, 1.807) is 24.3 Å². The third-order valence-corrected chi connectivity index (χ3v) is 5.06. The Labute approximate surface area is 144 Å². The van der Waals surface area contributed by atoms with E-state index in [-0.39, 0.29) is 35.4 Å². The van der Waals surface area contributed by atoms with Crippen LogP contribution in [0, 0.1) is 16.7 Å². The Morgan fingerprint density at radius 1 is 1.17 bits per heavy atom. The van der Waals surface area contributed by atoms with Crippen LogP contribution < -0.4 is 4.90 Å². The van der Waals surface area contributed by atoms with E-state index in [9.17, 15) is 14.4 Å². The van der Waals surface area contributed by atoms with Gasteiger partial charge in [0.05, 0.1) is 11.6 Å². The molecule has 1 aromatic carbocycles. The summed E-state index contributed by atoms with van der Waals surface area (Å²) < 4.78 is 0. The number of benzene rings is 1. The van der Waals surface area contributed by atoms with E-state index in [2.05, 4.69) is 0 Å². The maximum absolute atomic E-state index is 12.7. The summed E-state index contributed by atoms with van der Waals surface area (Å²) in [7, 11) is 0. The summed E-state index contributed by atoms with van der Waals surface area (Å²) in [5, 5.41) is 0. The van der Waals surface area contributed by atoms with Crippen molar-refractivity contribution in [1.29, 1.82) is 0 Å². The first kappa shape index (κ1) is 18.4. The predicted octanol–water partition coefficient (Wildman–Crippen LogP) is 4.23. The van der Waals surface area contributed by atoms with Gasteiger partial charge in [0.25, 0.3) is 0 Å². The fourth-order valence-electron chi connectivity index (χ4n) is 2.92. The number of nitrogens with zero attached hydrogens (tertiary/aromatic N) is 1. The highest BCUT2D eigenvalue weighted by Crippen LogP contribution is 2.38. The molecule has 1 unspecified atom stereocenters. The number of amides is 2. The first-order chi connectivity index (χ1) is 11.0. The molecule has 1 heterocycles. The van der Waals surface area contributed by atoms with Crippen LogP contribution in [0.25, 0.3) is 0 Å². The van der Waals surface area contributed by atoms with Gasteiger partial charge in [-0.3, -0.25) is 19.3 Å². The van der Waals surface area contributed by atoms with E-state index in [1.807, 2.05) is 41.5 Å². The molecule has 4 heteroatoms. The fourth-order valence-corrected chi connectivity index (χ4v) is 2.92. The van der Waals surface area contributed by atoms with Crippen LogP contribution in [-0.2, 0) is 9.59 Å². The van der Waals surface area contributed by atoms with Crippen molar-refractivity contribution in [2.24, 2.45) is 16.7 Å². The SMILES string of the molecule is CCC(C)(C)C(=O)c1cccc(N2C(=O)CC(C(C)(C)C)C2=O)c1. The zero-order chi connectivity index (χ0) is 18.3. The molecule has 0 N–H and O–H groups in total. The highest BCUT2D eigenvalue weighted by Gasteiger charge is 2.45. The molecule has 4 nitrogen and oxygen atoms in total. The first-order valence-corrected chi connectivity index (χ1v) is 8.50. The Bertz CT molecular complexity index is 682. The number of Topliss-reactive ketones (excluding diaryl/α,β-unsaturated/α-hetero) is 1. The van der Waals surface area contributed by atoms with Gasteiger partial charge < -0.3 is 0 Å². The van der Waals surface area contributed by atoms with E-state index < -0.39 is 5.41 Å². The molecule has 2 rings (SSSR count). The summed E-state index contributed by atoms with van der Waals surface area (Å²) in [4.78, 5) is 39.0. The molecule has 0 bridgehead atoms. The van der Waals surface area contributed by atoms with Crippen LogP contribution in [0.5, 0.6) is 0 Å². The Kier molecular flexibility index (Phi) is 4.71. The van der Waals surface area contributed by atoms with Crippen molar-refractivity contribution in [1.82, 2.24) is 0 Å². The number of hydrogen-bond acceptors (Lipinski definition) is 3. The third-order valence-electron chi connectivity index (χ3n) is 5.06. The minimum Gasteiger partial charge on any atom is -0.294 e. The van der Waals surface area contributed by atoms with Crippen LogP contribution >= 0.6 is 0 Å². The minimum atomic E-state index is -0.467. The van der Waals surface area contributed by atoms with Crippen LogP contribution in [0.3, 0.4) is 0 Å². The molecule has 24 heavy (non-hydrogen) atoms. The second-order valence-electron chi connectivity index (χ2n) is 8.31. The lowest BCUT2D eigenvalue weighted by Crippen LogP contribution is -2.34. The predicted molar refractivity (Wildman–Crippen MR) is 94.9 cm³/mol. The van der Waals surface area contributed by atoms with E-state index in [0.29, 0.717) is 11.3 Å². The van der Waals surface area contributed by atoms with Gasteiger partial charge in [-0.15, -0.1) is 0 Å². The van der Waals surface area contributed by atoms with Gasteiger partial charge in [0.2, 0.25) is 11.8 Å². The van der Waals surface area contributed by atoms with Crippen molar-refractivity contribution in [2.45, 2.75) is 54.4 Å². The van der Waals surface area contributed by atoms with Crippen molar-refractivity contribution in [3.05, 3.63) is 29.8 Å². The molecule has 1 aromatic rings.